The van der Waals surface area contributed by atoms with Crippen molar-refractivity contribution in [3.05, 3.63) is 71.0 Å². The van der Waals surface area contributed by atoms with Gasteiger partial charge in [-0.25, -0.2) is 4.39 Å². The highest BCUT2D eigenvalue weighted by atomic mass is 19.1. The van der Waals surface area contributed by atoms with Crippen molar-refractivity contribution in [2.24, 2.45) is 0 Å². The fourth-order valence-corrected chi connectivity index (χ4v) is 4.03. The molecule has 0 saturated carbocycles. The minimum Gasteiger partial charge on any atom is -0.507 e. The highest BCUT2D eigenvalue weighted by Gasteiger charge is 2.45. The van der Waals surface area contributed by atoms with Crippen molar-refractivity contribution in [1.82, 2.24) is 9.80 Å². The summed E-state index contributed by atoms with van der Waals surface area (Å²) in [6.07, 6.45) is 0.672. The lowest BCUT2D eigenvalue weighted by Crippen LogP contribution is -2.33. The summed E-state index contributed by atoms with van der Waals surface area (Å²) < 4.78 is 18.8. The zero-order chi connectivity index (χ0) is 23.3. The number of Topliss-reactive ketones (excluding diaryl/α,β-unsaturated/α-hetero) is 1. The minimum absolute atomic E-state index is 0.00213. The molecule has 0 radical (unpaired) electrons. The van der Waals surface area contributed by atoms with Crippen molar-refractivity contribution in [3.63, 3.8) is 0 Å². The molecule has 0 spiro atoms. The van der Waals surface area contributed by atoms with Crippen molar-refractivity contribution in [2.45, 2.75) is 26.3 Å². The van der Waals surface area contributed by atoms with Crippen LogP contribution in [0.5, 0.6) is 5.75 Å². The maximum Gasteiger partial charge on any atom is 0.295 e. The number of ether oxygens (including phenoxy) is 1. The summed E-state index contributed by atoms with van der Waals surface area (Å²) in [5.74, 6) is -1.59. The van der Waals surface area contributed by atoms with Crippen LogP contribution in [-0.4, -0.2) is 59.9 Å². The van der Waals surface area contributed by atoms with E-state index < -0.39 is 23.5 Å². The van der Waals surface area contributed by atoms with Crippen LogP contribution in [0.15, 0.2) is 54.1 Å². The molecule has 2 aromatic rings. The molecule has 3 rings (SSSR count). The number of rotatable bonds is 9. The van der Waals surface area contributed by atoms with Gasteiger partial charge in [0.2, 0.25) is 0 Å². The van der Waals surface area contributed by atoms with Gasteiger partial charge in [0, 0.05) is 12.1 Å². The maximum atomic E-state index is 13.6. The van der Waals surface area contributed by atoms with Gasteiger partial charge in [0.15, 0.2) is 0 Å². The number of methoxy groups -OCH3 is 1. The maximum absolute atomic E-state index is 13.6. The van der Waals surface area contributed by atoms with Gasteiger partial charge in [0.1, 0.15) is 17.3 Å². The van der Waals surface area contributed by atoms with Gasteiger partial charge in [-0.1, -0.05) is 38.1 Å². The molecule has 0 aromatic heterocycles. The predicted molar refractivity (Wildman–Crippen MR) is 121 cm³/mol. The molecule has 6 nitrogen and oxygen atoms in total. The summed E-state index contributed by atoms with van der Waals surface area (Å²) in [7, 11) is 1.51. The number of carbonyl (C=O) groups is 2. The summed E-state index contributed by atoms with van der Waals surface area (Å²) in [5.41, 5.74) is 0.938. The summed E-state index contributed by atoms with van der Waals surface area (Å²) >= 11 is 0. The van der Waals surface area contributed by atoms with E-state index >= 15 is 0 Å². The molecule has 1 unspecified atom stereocenters. The van der Waals surface area contributed by atoms with E-state index in [0.717, 1.165) is 19.6 Å². The molecule has 0 bridgehead atoms. The standard InChI is InChI=1S/C25H29FN2O4/c1-4-27(5-2)14-7-15-28-22(17-10-12-19(26)13-11-17)21(24(30)25(28)31)23(29)18-8-6-9-20(16-18)32-3/h6,8-13,16,22,29H,4-5,7,14-15H2,1-3H3. The molecule has 1 aliphatic rings. The number of likely N-dealkylation sites (tertiary alicyclic amines) is 1. The summed E-state index contributed by atoms with van der Waals surface area (Å²) in [6.45, 7) is 7.06. The van der Waals surface area contributed by atoms with Crippen molar-refractivity contribution in [2.75, 3.05) is 33.3 Å². The van der Waals surface area contributed by atoms with E-state index in [1.54, 1.807) is 36.4 Å². The first-order valence-electron chi connectivity index (χ1n) is 10.8. The van der Waals surface area contributed by atoms with Gasteiger partial charge in [-0.3, -0.25) is 9.59 Å². The van der Waals surface area contributed by atoms with E-state index in [9.17, 15) is 19.1 Å². The fourth-order valence-electron chi connectivity index (χ4n) is 4.03. The topological polar surface area (TPSA) is 70.1 Å². The van der Waals surface area contributed by atoms with Crippen LogP contribution in [0.3, 0.4) is 0 Å². The highest BCUT2D eigenvalue weighted by Crippen LogP contribution is 2.39. The lowest BCUT2D eigenvalue weighted by Gasteiger charge is -2.26. The van der Waals surface area contributed by atoms with Crippen LogP contribution < -0.4 is 4.74 Å². The molecule has 1 N–H and O–H groups in total. The molecule has 1 heterocycles. The Bertz CT molecular complexity index is 999. The number of hydrogen-bond donors (Lipinski definition) is 1. The first kappa shape index (κ1) is 23.5. The van der Waals surface area contributed by atoms with Crippen LogP contribution in [0, 0.1) is 5.82 Å². The van der Waals surface area contributed by atoms with Crippen molar-refractivity contribution in [1.29, 1.82) is 0 Å². The van der Waals surface area contributed by atoms with Crippen molar-refractivity contribution < 1.29 is 23.8 Å². The Hall–Kier alpha value is -3.19. The smallest absolute Gasteiger partial charge is 0.295 e. The SMILES string of the molecule is CCN(CC)CCCN1C(=O)C(=O)C(=C(O)c2cccc(OC)c2)C1c1ccc(F)cc1. The monoisotopic (exact) mass is 440 g/mol. The molecular weight excluding hydrogens is 411 g/mol. The van der Waals surface area contributed by atoms with Gasteiger partial charge in [-0.2, -0.15) is 0 Å². The number of benzene rings is 2. The number of hydrogen-bond acceptors (Lipinski definition) is 5. The van der Waals surface area contributed by atoms with Crippen LogP contribution in [0.1, 0.15) is 37.4 Å². The lowest BCUT2D eigenvalue weighted by molar-refractivity contribution is -0.140. The second-order valence-corrected chi connectivity index (χ2v) is 7.66. The molecule has 1 amide bonds. The average Bonchev–Trinajstić information content (AvgIpc) is 3.07. The molecule has 1 aliphatic heterocycles. The number of nitrogens with zero attached hydrogens (tertiary/aromatic N) is 2. The molecule has 7 heteroatoms. The first-order chi connectivity index (χ1) is 15.4. The van der Waals surface area contributed by atoms with E-state index in [4.69, 9.17) is 4.74 Å². The van der Waals surface area contributed by atoms with Crippen LogP contribution in [0.2, 0.25) is 0 Å². The number of aliphatic hydroxyl groups excluding tert-OH is 1. The predicted octanol–water partition coefficient (Wildman–Crippen LogP) is 3.99. The lowest BCUT2D eigenvalue weighted by atomic mass is 9.95. The van der Waals surface area contributed by atoms with Gasteiger partial charge < -0.3 is 19.6 Å². The fraction of sp³-hybridized carbons (Fsp3) is 0.360. The van der Waals surface area contributed by atoms with Gasteiger partial charge >= 0.3 is 0 Å². The molecule has 170 valence electrons. The molecule has 1 saturated heterocycles. The Balaban J connectivity index is 2.03. The zero-order valence-electron chi connectivity index (χ0n) is 18.7. The number of aliphatic hydroxyl groups is 1. The number of carbonyl (C=O) groups excluding carboxylic acids is 2. The second kappa shape index (κ2) is 10.4. The third-order valence-corrected chi connectivity index (χ3v) is 5.84. The van der Waals surface area contributed by atoms with Crippen molar-refractivity contribution in [3.8, 4) is 5.75 Å². The Morgan fingerprint density at radius 3 is 2.44 bits per heavy atom. The van der Waals surface area contributed by atoms with Crippen molar-refractivity contribution >= 4 is 17.4 Å². The van der Waals surface area contributed by atoms with Gasteiger partial charge in [-0.15, -0.1) is 0 Å². The second-order valence-electron chi connectivity index (χ2n) is 7.66. The molecule has 1 fully saturated rings. The molecule has 2 aromatic carbocycles. The van der Waals surface area contributed by atoms with Crippen LogP contribution >= 0.6 is 0 Å². The molecular formula is C25H29FN2O4. The van der Waals surface area contributed by atoms with E-state index in [-0.39, 0.29) is 11.3 Å². The van der Waals surface area contributed by atoms with Crippen LogP contribution in [0.25, 0.3) is 5.76 Å². The first-order valence-corrected chi connectivity index (χ1v) is 10.8. The number of halogens is 1. The quantitative estimate of drug-likeness (QED) is 0.363. The number of ketones is 1. The third-order valence-electron chi connectivity index (χ3n) is 5.84. The summed E-state index contributed by atoms with van der Waals surface area (Å²) in [4.78, 5) is 29.7. The normalized spacial score (nSPS) is 17.9. The third kappa shape index (κ3) is 4.83. The Kier molecular flexibility index (Phi) is 7.64. The van der Waals surface area contributed by atoms with Crippen LogP contribution in [0.4, 0.5) is 4.39 Å². The van der Waals surface area contributed by atoms with Crippen LogP contribution in [-0.2, 0) is 9.59 Å². The zero-order valence-corrected chi connectivity index (χ0v) is 18.7. The Morgan fingerprint density at radius 2 is 1.81 bits per heavy atom. The Morgan fingerprint density at radius 1 is 1.12 bits per heavy atom. The van der Waals surface area contributed by atoms with E-state index in [2.05, 4.69) is 18.7 Å². The van der Waals surface area contributed by atoms with Gasteiger partial charge in [-0.05, 0) is 55.9 Å². The molecule has 32 heavy (non-hydrogen) atoms. The van der Waals surface area contributed by atoms with E-state index in [1.807, 2.05) is 0 Å². The van der Waals surface area contributed by atoms with E-state index in [0.29, 0.717) is 29.8 Å². The summed E-state index contributed by atoms with van der Waals surface area (Å²) in [6, 6.07) is 11.5. The van der Waals surface area contributed by atoms with E-state index in [1.165, 1.54) is 24.1 Å². The van der Waals surface area contributed by atoms with Gasteiger partial charge in [0.25, 0.3) is 11.7 Å². The average molecular weight is 441 g/mol. The largest absolute Gasteiger partial charge is 0.507 e. The molecule has 1 atom stereocenters. The van der Waals surface area contributed by atoms with Gasteiger partial charge in [0.05, 0.1) is 18.7 Å². The highest BCUT2D eigenvalue weighted by molar-refractivity contribution is 6.46. The number of amides is 1. The Labute approximate surface area is 187 Å². The molecule has 0 aliphatic carbocycles. The minimum atomic E-state index is -0.793. The summed E-state index contributed by atoms with van der Waals surface area (Å²) in [5, 5.41) is 11.1.